The van der Waals surface area contributed by atoms with Crippen molar-refractivity contribution < 1.29 is 9.47 Å². The van der Waals surface area contributed by atoms with E-state index in [1.54, 1.807) is 0 Å². The van der Waals surface area contributed by atoms with Crippen molar-refractivity contribution in [3.8, 4) is 11.5 Å². The first kappa shape index (κ1) is 39.8. The number of hydrogen-bond donors (Lipinski definition) is 0. The predicted octanol–water partition coefficient (Wildman–Crippen LogP) is 11.4. The molecule has 3 heterocycles. The van der Waals surface area contributed by atoms with Crippen molar-refractivity contribution >= 4 is 11.1 Å². The summed E-state index contributed by atoms with van der Waals surface area (Å²) in [5.74, 6) is 2.67. The number of likely N-dealkylation sites (tertiary alicyclic amines) is 2. The molecule has 2 aromatic rings. The van der Waals surface area contributed by atoms with Gasteiger partial charge in [0.15, 0.2) is 0 Å². The molecule has 0 unspecified atom stereocenters. The van der Waals surface area contributed by atoms with Crippen LogP contribution in [0.5, 0.6) is 11.5 Å². The van der Waals surface area contributed by atoms with Gasteiger partial charge in [-0.05, 0) is 179 Å². The van der Waals surface area contributed by atoms with E-state index in [4.69, 9.17) is 9.47 Å². The second-order valence-corrected chi connectivity index (χ2v) is 16.1. The lowest BCUT2D eigenvalue weighted by molar-refractivity contribution is 0.243. The third kappa shape index (κ3) is 8.66. The zero-order valence-corrected chi connectivity index (χ0v) is 34.0. The second-order valence-electron chi connectivity index (χ2n) is 16.1. The maximum absolute atomic E-state index is 6.75. The van der Waals surface area contributed by atoms with Gasteiger partial charge in [-0.25, -0.2) is 0 Å². The van der Waals surface area contributed by atoms with Crippen molar-refractivity contribution in [2.75, 3.05) is 45.9 Å². The largest absolute Gasteiger partial charge is 0.493 e. The molecule has 3 aliphatic heterocycles. The molecule has 0 N–H and O–H groups in total. The summed E-state index contributed by atoms with van der Waals surface area (Å²) in [4.78, 5) is 5.19. The van der Waals surface area contributed by atoms with Crippen LogP contribution in [0.3, 0.4) is 0 Å². The molecule has 0 aromatic heterocycles. The van der Waals surface area contributed by atoms with Gasteiger partial charge in [0.2, 0.25) is 0 Å². The van der Waals surface area contributed by atoms with Gasteiger partial charge in [-0.1, -0.05) is 57.2 Å². The molecule has 4 aliphatic rings. The molecule has 0 radical (unpaired) electrons. The first-order valence-corrected chi connectivity index (χ1v) is 21.0. The highest BCUT2D eigenvalue weighted by Crippen LogP contribution is 2.46. The number of unbranched alkanes of at least 4 members (excludes halogenated alkanes) is 1. The molecule has 6 rings (SSSR count). The fourth-order valence-electron chi connectivity index (χ4n) is 9.43. The third-order valence-electron chi connectivity index (χ3n) is 12.4. The van der Waals surface area contributed by atoms with E-state index in [2.05, 4.69) is 87.8 Å². The fourth-order valence-corrected chi connectivity index (χ4v) is 9.43. The number of ether oxygens (including phenoxy) is 2. The van der Waals surface area contributed by atoms with Crippen molar-refractivity contribution in [3.63, 3.8) is 0 Å². The van der Waals surface area contributed by atoms with E-state index >= 15 is 0 Å². The van der Waals surface area contributed by atoms with Crippen LogP contribution in [-0.4, -0.2) is 55.7 Å². The molecule has 0 bridgehead atoms. The molecule has 0 amide bonds. The Kier molecular flexibility index (Phi) is 13.8. The normalized spacial score (nSPS) is 18.0. The Balaban J connectivity index is 1.20. The zero-order chi connectivity index (χ0) is 38.2. The van der Waals surface area contributed by atoms with E-state index in [1.807, 2.05) is 6.08 Å². The van der Waals surface area contributed by atoms with Crippen molar-refractivity contribution in [2.24, 2.45) is 0 Å². The summed E-state index contributed by atoms with van der Waals surface area (Å²) >= 11 is 0. The van der Waals surface area contributed by atoms with Gasteiger partial charge in [0.1, 0.15) is 17.3 Å². The van der Waals surface area contributed by atoms with Gasteiger partial charge in [0.25, 0.3) is 0 Å². The van der Waals surface area contributed by atoms with Crippen LogP contribution in [0, 0.1) is 0 Å². The van der Waals surface area contributed by atoms with E-state index < -0.39 is 0 Å². The number of fused-ring (bicyclic) bond motifs is 2. The van der Waals surface area contributed by atoms with E-state index in [1.165, 1.54) is 118 Å². The van der Waals surface area contributed by atoms with Crippen LogP contribution in [0.25, 0.3) is 11.1 Å². The highest BCUT2D eigenvalue weighted by molar-refractivity contribution is 5.81. The molecule has 2 aromatic carbocycles. The number of benzene rings is 2. The molecule has 288 valence electrons. The SMILES string of the molecule is C=CCc1cc2c(c(CC=C)c1CCCCOc1c(CC=C)cc3c(c1CC)OC(=C)C(CN1CCCCC1)=C3C)CC(=C)C(CN1CCCCC1)=C2C. The first-order valence-electron chi connectivity index (χ1n) is 21.0. The first-order chi connectivity index (χ1) is 26.3. The summed E-state index contributed by atoms with van der Waals surface area (Å²) in [7, 11) is 0. The molecule has 4 nitrogen and oxygen atoms in total. The van der Waals surface area contributed by atoms with E-state index in [0.29, 0.717) is 6.61 Å². The van der Waals surface area contributed by atoms with E-state index in [9.17, 15) is 0 Å². The van der Waals surface area contributed by atoms with Crippen molar-refractivity contribution in [1.82, 2.24) is 9.80 Å². The Hall–Kier alpha value is -3.86. The Morgan fingerprint density at radius 3 is 1.93 bits per heavy atom. The second kappa shape index (κ2) is 18.7. The summed E-state index contributed by atoms with van der Waals surface area (Å²) in [6.45, 7) is 35.6. The summed E-state index contributed by atoms with van der Waals surface area (Å²) < 4.78 is 13.3. The lowest BCUT2D eigenvalue weighted by Gasteiger charge is -2.33. The molecule has 1 aliphatic carbocycles. The minimum atomic E-state index is 0.656. The maximum atomic E-state index is 6.75. The molecular formula is C50H66N2O2. The molecular weight excluding hydrogens is 661 g/mol. The summed E-state index contributed by atoms with van der Waals surface area (Å²) in [5, 5.41) is 0. The fraction of sp³-hybridized carbons (Fsp3) is 0.480. The van der Waals surface area contributed by atoms with E-state index in [0.717, 1.165) is 100 Å². The highest BCUT2D eigenvalue weighted by atomic mass is 16.5. The number of piperidine rings is 2. The maximum Gasteiger partial charge on any atom is 0.141 e. The van der Waals surface area contributed by atoms with Crippen molar-refractivity contribution in [2.45, 2.75) is 111 Å². The Morgan fingerprint density at radius 2 is 1.30 bits per heavy atom. The quantitative estimate of drug-likeness (QED) is 0.120. The Labute approximate surface area is 327 Å². The van der Waals surface area contributed by atoms with Gasteiger partial charge in [0, 0.05) is 29.8 Å². The average Bonchev–Trinajstić information content (AvgIpc) is 3.17. The number of allylic oxidation sites excluding steroid dienone is 5. The number of rotatable bonds is 17. The molecule has 0 saturated carbocycles. The zero-order valence-electron chi connectivity index (χ0n) is 34.0. The molecule has 0 spiro atoms. The Morgan fingerprint density at radius 1 is 0.704 bits per heavy atom. The van der Waals surface area contributed by atoms with Crippen LogP contribution in [0.4, 0.5) is 0 Å². The van der Waals surface area contributed by atoms with Gasteiger partial charge in [-0.15, -0.1) is 19.7 Å². The van der Waals surface area contributed by atoms with Crippen LogP contribution in [0.1, 0.15) is 117 Å². The number of nitrogens with zero attached hydrogens (tertiary/aromatic N) is 2. The average molecular weight is 727 g/mol. The minimum absolute atomic E-state index is 0.656. The van der Waals surface area contributed by atoms with Gasteiger partial charge in [0.05, 0.1) is 6.61 Å². The lowest BCUT2D eigenvalue weighted by atomic mass is 9.76. The van der Waals surface area contributed by atoms with Gasteiger partial charge in [-0.3, -0.25) is 9.80 Å². The van der Waals surface area contributed by atoms with Crippen LogP contribution in [0.15, 0.2) is 85.7 Å². The van der Waals surface area contributed by atoms with Crippen LogP contribution in [-0.2, 0) is 38.5 Å². The summed E-state index contributed by atoms with van der Waals surface area (Å²) in [6.07, 6.45) is 21.3. The smallest absolute Gasteiger partial charge is 0.141 e. The molecule has 2 saturated heterocycles. The van der Waals surface area contributed by atoms with Gasteiger partial charge >= 0.3 is 0 Å². The predicted molar refractivity (Wildman–Crippen MR) is 231 cm³/mol. The molecule has 4 heteroatoms. The lowest BCUT2D eigenvalue weighted by Crippen LogP contribution is -2.33. The summed E-state index contributed by atoms with van der Waals surface area (Å²) in [5.41, 5.74) is 17.4. The topological polar surface area (TPSA) is 24.9 Å². The number of hydrogen-bond acceptors (Lipinski definition) is 4. The van der Waals surface area contributed by atoms with Crippen LogP contribution in [0.2, 0.25) is 0 Å². The summed E-state index contributed by atoms with van der Waals surface area (Å²) in [6, 6.07) is 4.78. The standard InChI is InChI=1S/C50H66N2O2/c1-9-21-39-31-44-36(6)47(33-51-25-16-13-17-26-51)35(5)30-46(44)43(23-11-3)42(39)24-15-20-29-53-49-40(22-10-2)32-45-37(7)48(34-52-27-18-14-19-28-52)38(8)54-50(45)41(49)12-4/h9-11,31-32H,1-3,5,8,12-30,33-34H2,4,6-7H3. The minimum Gasteiger partial charge on any atom is -0.493 e. The van der Waals surface area contributed by atoms with E-state index in [-0.39, 0.29) is 0 Å². The van der Waals surface area contributed by atoms with Crippen molar-refractivity contribution in [1.29, 1.82) is 0 Å². The van der Waals surface area contributed by atoms with Crippen molar-refractivity contribution in [3.05, 3.63) is 130 Å². The highest BCUT2D eigenvalue weighted by Gasteiger charge is 2.29. The monoisotopic (exact) mass is 727 g/mol. The molecule has 2 fully saturated rings. The third-order valence-corrected chi connectivity index (χ3v) is 12.4. The van der Waals surface area contributed by atoms with Gasteiger partial charge in [-0.2, -0.15) is 0 Å². The molecule has 0 atom stereocenters. The van der Waals surface area contributed by atoms with Crippen LogP contribution >= 0.6 is 0 Å². The Bertz CT molecular complexity index is 1830. The molecule has 54 heavy (non-hydrogen) atoms. The van der Waals surface area contributed by atoms with Gasteiger partial charge < -0.3 is 9.47 Å². The van der Waals surface area contributed by atoms with Crippen LogP contribution < -0.4 is 9.47 Å².